The van der Waals surface area contributed by atoms with Crippen molar-refractivity contribution in [2.45, 2.75) is 6.92 Å². The molecule has 2 heterocycles. The van der Waals surface area contributed by atoms with Gasteiger partial charge in [0.2, 0.25) is 0 Å². The Balaban J connectivity index is 1.76. The van der Waals surface area contributed by atoms with Crippen LogP contribution in [-0.4, -0.2) is 22.1 Å². The maximum Gasteiger partial charge on any atom is 0.264 e. The Morgan fingerprint density at radius 1 is 1.35 bits per heavy atom. The average molecular weight is 329 g/mol. The maximum absolute atomic E-state index is 12.1. The highest BCUT2D eigenvalue weighted by molar-refractivity contribution is 7.13. The molecule has 1 aromatic carbocycles. The molecule has 0 unspecified atom stereocenters. The molecule has 1 N–H and O–H groups in total. The number of pyridine rings is 1. The monoisotopic (exact) mass is 329 g/mol. The van der Waals surface area contributed by atoms with Crippen LogP contribution in [0, 0.1) is 6.92 Å². The molecule has 0 aliphatic rings. The second-order valence-corrected chi connectivity index (χ2v) is 5.94. The molecule has 3 aromatic rings. The molecular weight excluding hydrogens is 314 g/mol. The summed E-state index contributed by atoms with van der Waals surface area (Å²) in [5.41, 5.74) is 0.756. The summed E-state index contributed by atoms with van der Waals surface area (Å²) in [6.07, 6.45) is 1.68. The van der Waals surface area contributed by atoms with Crippen LogP contribution in [0.2, 0.25) is 0 Å². The number of hydrogen-bond donors (Lipinski definition) is 1. The minimum atomic E-state index is -0.291. The predicted molar refractivity (Wildman–Crippen MR) is 90.2 cm³/mol. The number of aryl methyl sites for hydroxylation is 2. The molecule has 1 amide bonds. The summed E-state index contributed by atoms with van der Waals surface area (Å²) in [6.45, 7) is 1.71. The molecular formula is C16H15N3O3S. The van der Waals surface area contributed by atoms with Gasteiger partial charge in [0.25, 0.3) is 11.5 Å². The van der Waals surface area contributed by atoms with Gasteiger partial charge in [0.15, 0.2) is 11.7 Å². The molecule has 0 spiro atoms. The lowest BCUT2D eigenvalue weighted by Gasteiger charge is -2.09. The van der Waals surface area contributed by atoms with E-state index in [9.17, 15) is 9.59 Å². The third-order valence-electron chi connectivity index (χ3n) is 3.31. The molecule has 3 rings (SSSR count). The summed E-state index contributed by atoms with van der Waals surface area (Å²) in [5.74, 6) is 0.214. The Morgan fingerprint density at radius 3 is 2.91 bits per heavy atom. The standard InChI is InChI=1S/C16H15N3O3S/c1-10-9-23-16(17-10)18-14(20)8-22-13-5-3-4-12-11(13)6-7-19(2)15(12)21/h3-7,9H,8H2,1-2H3,(H,17,18,20). The van der Waals surface area contributed by atoms with E-state index in [-0.39, 0.29) is 18.1 Å². The summed E-state index contributed by atoms with van der Waals surface area (Å²) in [5, 5.41) is 6.33. The van der Waals surface area contributed by atoms with Crippen molar-refractivity contribution in [1.29, 1.82) is 0 Å². The zero-order chi connectivity index (χ0) is 16.4. The fourth-order valence-corrected chi connectivity index (χ4v) is 2.89. The molecule has 0 radical (unpaired) electrons. The zero-order valence-electron chi connectivity index (χ0n) is 12.7. The van der Waals surface area contributed by atoms with Crippen molar-refractivity contribution in [3.05, 3.63) is 51.9 Å². The molecule has 0 bridgehead atoms. The zero-order valence-corrected chi connectivity index (χ0v) is 13.5. The number of amides is 1. The van der Waals surface area contributed by atoms with Gasteiger partial charge in [-0.05, 0) is 25.1 Å². The van der Waals surface area contributed by atoms with Crippen molar-refractivity contribution in [3.63, 3.8) is 0 Å². The van der Waals surface area contributed by atoms with Gasteiger partial charge in [-0.25, -0.2) is 4.98 Å². The quantitative estimate of drug-likeness (QED) is 0.797. The Hall–Kier alpha value is -2.67. The van der Waals surface area contributed by atoms with Crippen molar-refractivity contribution >= 4 is 33.1 Å². The number of benzene rings is 1. The van der Waals surface area contributed by atoms with E-state index < -0.39 is 0 Å². The lowest BCUT2D eigenvalue weighted by Crippen LogP contribution is -2.20. The van der Waals surface area contributed by atoms with Crippen molar-refractivity contribution < 1.29 is 9.53 Å². The van der Waals surface area contributed by atoms with Gasteiger partial charge in [-0.1, -0.05) is 6.07 Å². The topological polar surface area (TPSA) is 73.2 Å². The number of carbonyl (C=O) groups excluding carboxylic acids is 1. The number of hydrogen-bond acceptors (Lipinski definition) is 5. The van der Waals surface area contributed by atoms with Gasteiger partial charge in [0.1, 0.15) is 5.75 Å². The Labute approximate surface area is 136 Å². The highest BCUT2D eigenvalue weighted by Crippen LogP contribution is 2.23. The van der Waals surface area contributed by atoms with Gasteiger partial charge in [0, 0.05) is 24.0 Å². The first-order valence-electron chi connectivity index (χ1n) is 6.98. The normalized spacial score (nSPS) is 10.7. The number of nitrogens with zero attached hydrogens (tertiary/aromatic N) is 2. The number of ether oxygens (including phenoxy) is 1. The first-order chi connectivity index (χ1) is 11.0. The Kier molecular flexibility index (Phi) is 4.12. The second-order valence-electron chi connectivity index (χ2n) is 5.08. The summed E-state index contributed by atoms with van der Waals surface area (Å²) in [6, 6.07) is 7.01. The lowest BCUT2D eigenvalue weighted by atomic mass is 10.1. The number of thiazole rings is 1. The molecule has 0 aliphatic heterocycles. The number of aromatic nitrogens is 2. The third kappa shape index (κ3) is 3.24. The first-order valence-corrected chi connectivity index (χ1v) is 7.86. The van der Waals surface area contributed by atoms with Crippen molar-refractivity contribution in [3.8, 4) is 5.75 Å². The number of anilines is 1. The second kappa shape index (κ2) is 6.21. The summed E-state index contributed by atoms with van der Waals surface area (Å²) >= 11 is 1.36. The van der Waals surface area contributed by atoms with Crippen molar-refractivity contribution in [2.75, 3.05) is 11.9 Å². The van der Waals surface area contributed by atoms with Gasteiger partial charge in [-0.15, -0.1) is 11.3 Å². The maximum atomic E-state index is 12.1. The van der Waals surface area contributed by atoms with Crippen LogP contribution in [0.4, 0.5) is 5.13 Å². The van der Waals surface area contributed by atoms with E-state index in [0.29, 0.717) is 21.7 Å². The molecule has 7 heteroatoms. The van der Waals surface area contributed by atoms with Gasteiger partial charge in [0.05, 0.1) is 11.1 Å². The summed E-state index contributed by atoms with van der Waals surface area (Å²) < 4.78 is 7.08. The molecule has 23 heavy (non-hydrogen) atoms. The third-order valence-corrected chi connectivity index (χ3v) is 4.18. The summed E-state index contributed by atoms with van der Waals surface area (Å²) in [7, 11) is 1.69. The van der Waals surface area contributed by atoms with Crippen LogP contribution in [0.1, 0.15) is 5.69 Å². The fourth-order valence-electron chi connectivity index (χ4n) is 2.18. The van der Waals surface area contributed by atoms with E-state index in [1.807, 2.05) is 12.3 Å². The van der Waals surface area contributed by atoms with Gasteiger partial charge >= 0.3 is 0 Å². The van der Waals surface area contributed by atoms with Crippen molar-refractivity contribution in [1.82, 2.24) is 9.55 Å². The largest absolute Gasteiger partial charge is 0.483 e. The van der Waals surface area contributed by atoms with Crippen LogP contribution in [0.5, 0.6) is 5.75 Å². The van der Waals surface area contributed by atoms with Crippen LogP contribution in [0.15, 0.2) is 40.6 Å². The number of fused-ring (bicyclic) bond motifs is 1. The van der Waals surface area contributed by atoms with E-state index in [2.05, 4.69) is 10.3 Å². The first kappa shape index (κ1) is 15.2. The smallest absolute Gasteiger partial charge is 0.264 e. The van der Waals surface area contributed by atoms with Gasteiger partial charge in [-0.3, -0.25) is 14.9 Å². The van der Waals surface area contributed by atoms with Crippen molar-refractivity contribution in [2.24, 2.45) is 7.05 Å². The number of rotatable bonds is 4. The van der Waals surface area contributed by atoms with Crippen LogP contribution in [-0.2, 0) is 11.8 Å². The summed E-state index contributed by atoms with van der Waals surface area (Å²) in [4.78, 5) is 28.2. The van der Waals surface area contributed by atoms with E-state index in [1.54, 1.807) is 37.5 Å². The fraction of sp³-hybridized carbons (Fsp3) is 0.188. The van der Waals surface area contributed by atoms with E-state index in [4.69, 9.17) is 4.74 Å². The minimum Gasteiger partial charge on any atom is -0.483 e. The molecule has 0 saturated heterocycles. The Bertz CT molecular complexity index is 930. The molecule has 6 nitrogen and oxygen atoms in total. The highest BCUT2D eigenvalue weighted by atomic mass is 32.1. The van der Waals surface area contributed by atoms with Gasteiger partial charge in [-0.2, -0.15) is 0 Å². The van der Waals surface area contributed by atoms with E-state index in [0.717, 1.165) is 5.69 Å². The van der Waals surface area contributed by atoms with Crippen LogP contribution in [0.25, 0.3) is 10.8 Å². The number of carbonyl (C=O) groups is 1. The SMILES string of the molecule is Cc1csc(NC(=O)COc2cccc3c(=O)n(C)ccc23)n1. The Morgan fingerprint density at radius 2 is 2.17 bits per heavy atom. The van der Waals surface area contributed by atoms with Crippen LogP contribution >= 0.6 is 11.3 Å². The van der Waals surface area contributed by atoms with E-state index >= 15 is 0 Å². The van der Waals surface area contributed by atoms with Crippen LogP contribution < -0.4 is 15.6 Å². The lowest BCUT2D eigenvalue weighted by molar-refractivity contribution is -0.118. The van der Waals surface area contributed by atoms with Crippen LogP contribution in [0.3, 0.4) is 0 Å². The average Bonchev–Trinajstić information content (AvgIpc) is 2.94. The highest BCUT2D eigenvalue weighted by Gasteiger charge is 2.09. The molecule has 0 atom stereocenters. The molecule has 2 aromatic heterocycles. The van der Waals surface area contributed by atoms with E-state index in [1.165, 1.54) is 15.9 Å². The predicted octanol–water partition coefficient (Wildman–Crippen LogP) is 2.32. The van der Waals surface area contributed by atoms with Gasteiger partial charge < -0.3 is 9.30 Å². The molecule has 0 fully saturated rings. The minimum absolute atomic E-state index is 0.101. The molecule has 0 saturated carbocycles. The number of nitrogens with one attached hydrogen (secondary N) is 1. The molecule has 0 aliphatic carbocycles. The molecule has 118 valence electrons.